The number of methoxy groups -OCH3 is 1. The summed E-state index contributed by atoms with van der Waals surface area (Å²) in [4.78, 5) is 8.34. The van der Waals surface area contributed by atoms with E-state index in [1.54, 1.807) is 7.11 Å². The SMILES string of the molecule is COc1ccc(-c2cncc(-c3c(C(C)C4CCCNC4)[nH]c4ccc(Cl)cc34)c2)cc1. The molecule has 0 spiro atoms. The number of benzene rings is 2. The van der Waals surface area contributed by atoms with Gasteiger partial charge < -0.3 is 15.0 Å². The number of rotatable bonds is 5. The third-order valence-corrected chi connectivity index (χ3v) is 6.97. The quantitative estimate of drug-likeness (QED) is 0.361. The fourth-order valence-electron chi connectivity index (χ4n) is 4.90. The standard InChI is InChI=1S/C27H28ClN3O/c1-17(19-4-3-11-29-14-19)27-26(24-13-22(28)7-10-25(24)31-27)21-12-20(15-30-16-21)18-5-8-23(32-2)9-6-18/h5-10,12-13,15-17,19,29,31H,3-4,11,14H2,1-2H3. The highest BCUT2D eigenvalue weighted by Gasteiger charge is 2.26. The van der Waals surface area contributed by atoms with Crippen molar-refractivity contribution in [1.29, 1.82) is 0 Å². The van der Waals surface area contributed by atoms with Crippen LogP contribution >= 0.6 is 11.6 Å². The predicted octanol–water partition coefficient (Wildman–Crippen LogP) is 6.66. The molecule has 164 valence electrons. The summed E-state index contributed by atoms with van der Waals surface area (Å²) in [7, 11) is 1.68. The van der Waals surface area contributed by atoms with Crippen molar-refractivity contribution in [3.05, 3.63) is 71.6 Å². The lowest BCUT2D eigenvalue weighted by molar-refractivity contribution is 0.332. The highest BCUT2D eigenvalue weighted by molar-refractivity contribution is 6.31. The number of piperidine rings is 1. The number of aromatic amines is 1. The number of nitrogens with one attached hydrogen (secondary N) is 2. The largest absolute Gasteiger partial charge is 0.497 e. The van der Waals surface area contributed by atoms with Gasteiger partial charge in [0.05, 0.1) is 7.11 Å². The van der Waals surface area contributed by atoms with Crippen LogP contribution in [0.3, 0.4) is 0 Å². The molecule has 1 aliphatic heterocycles. The smallest absolute Gasteiger partial charge is 0.118 e. The predicted molar refractivity (Wildman–Crippen MR) is 133 cm³/mol. The van der Waals surface area contributed by atoms with Gasteiger partial charge in [-0.2, -0.15) is 0 Å². The van der Waals surface area contributed by atoms with Crippen molar-refractivity contribution in [2.24, 2.45) is 5.92 Å². The molecule has 2 aromatic carbocycles. The Balaban J connectivity index is 1.63. The Morgan fingerprint density at radius 2 is 1.84 bits per heavy atom. The van der Waals surface area contributed by atoms with Crippen LogP contribution in [-0.2, 0) is 0 Å². The second-order valence-electron chi connectivity index (χ2n) is 8.69. The number of ether oxygens (including phenoxy) is 1. The molecule has 0 saturated carbocycles. The number of pyridine rings is 1. The topological polar surface area (TPSA) is 49.9 Å². The summed E-state index contributed by atoms with van der Waals surface area (Å²) in [6, 6.07) is 16.4. The summed E-state index contributed by atoms with van der Waals surface area (Å²) in [5, 5.41) is 5.47. The van der Waals surface area contributed by atoms with E-state index in [1.165, 1.54) is 24.1 Å². The van der Waals surface area contributed by atoms with Crippen molar-refractivity contribution in [3.63, 3.8) is 0 Å². The van der Waals surface area contributed by atoms with Crippen molar-refractivity contribution in [2.75, 3.05) is 20.2 Å². The average molecular weight is 446 g/mol. The molecule has 2 unspecified atom stereocenters. The first kappa shape index (κ1) is 21.0. The fourth-order valence-corrected chi connectivity index (χ4v) is 5.07. The lowest BCUT2D eigenvalue weighted by atomic mass is 9.83. The Bertz CT molecular complexity index is 1230. The third-order valence-electron chi connectivity index (χ3n) is 6.74. The number of nitrogens with zero attached hydrogens (tertiary/aromatic N) is 1. The van der Waals surface area contributed by atoms with Crippen LogP contribution in [0.1, 0.15) is 31.4 Å². The first-order valence-electron chi connectivity index (χ1n) is 11.3. The first-order chi connectivity index (χ1) is 15.6. The van der Waals surface area contributed by atoms with Gasteiger partial charge in [-0.15, -0.1) is 0 Å². The van der Waals surface area contributed by atoms with Gasteiger partial charge in [0.2, 0.25) is 0 Å². The maximum atomic E-state index is 6.42. The lowest BCUT2D eigenvalue weighted by Crippen LogP contribution is -2.32. The van der Waals surface area contributed by atoms with Crippen LogP contribution in [0.25, 0.3) is 33.2 Å². The van der Waals surface area contributed by atoms with Crippen LogP contribution < -0.4 is 10.1 Å². The number of fused-ring (bicyclic) bond motifs is 1. The van der Waals surface area contributed by atoms with Crippen LogP contribution in [0.4, 0.5) is 0 Å². The van der Waals surface area contributed by atoms with Crippen LogP contribution in [0, 0.1) is 5.92 Å². The van der Waals surface area contributed by atoms with Gasteiger partial charge in [-0.3, -0.25) is 4.98 Å². The van der Waals surface area contributed by atoms with E-state index in [0.717, 1.165) is 51.5 Å². The highest BCUT2D eigenvalue weighted by Crippen LogP contribution is 2.41. The second-order valence-corrected chi connectivity index (χ2v) is 9.13. The lowest BCUT2D eigenvalue weighted by Gasteiger charge is -2.28. The summed E-state index contributed by atoms with van der Waals surface area (Å²) in [5.41, 5.74) is 6.90. The van der Waals surface area contributed by atoms with Gasteiger partial charge in [-0.1, -0.05) is 30.7 Å². The minimum atomic E-state index is 0.397. The van der Waals surface area contributed by atoms with Gasteiger partial charge in [-0.25, -0.2) is 0 Å². The zero-order valence-corrected chi connectivity index (χ0v) is 19.2. The van der Waals surface area contributed by atoms with Crippen LogP contribution in [0.15, 0.2) is 60.9 Å². The molecule has 1 fully saturated rings. The van der Waals surface area contributed by atoms with Gasteiger partial charge in [0, 0.05) is 56.6 Å². The molecule has 0 aliphatic carbocycles. The maximum absolute atomic E-state index is 6.42. The summed E-state index contributed by atoms with van der Waals surface area (Å²) in [6.45, 7) is 4.52. The molecule has 1 aliphatic rings. The summed E-state index contributed by atoms with van der Waals surface area (Å²) in [5.74, 6) is 1.85. The Kier molecular flexibility index (Phi) is 5.90. The number of H-pyrrole nitrogens is 1. The van der Waals surface area contributed by atoms with Gasteiger partial charge in [0.1, 0.15) is 5.75 Å². The Morgan fingerprint density at radius 1 is 1.03 bits per heavy atom. The Labute approximate surface area is 194 Å². The van der Waals surface area contributed by atoms with Crippen molar-refractivity contribution in [1.82, 2.24) is 15.3 Å². The van der Waals surface area contributed by atoms with Gasteiger partial charge in [-0.05, 0) is 73.8 Å². The number of halogens is 1. The molecule has 32 heavy (non-hydrogen) atoms. The van der Waals surface area contributed by atoms with E-state index >= 15 is 0 Å². The van der Waals surface area contributed by atoms with Crippen LogP contribution in [-0.4, -0.2) is 30.2 Å². The van der Waals surface area contributed by atoms with E-state index in [1.807, 2.05) is 30.6 Å². The number of hydrogen-bond acceptors (Lipinski definition) is 3. The molecule has 5 heteroatoms. The van der Waals surface area contributed by atoms with Crippen molar-refractivity contribution in [2.45, 2.75) is 25.7 Å². The molecule has 4 nitrogen and oxygen atoms in total. The van der Waals surface area contributed by atoms with E-state index in [4.69, 9.17) is 16.3 Å². The summed E-state index contributed by atoms with van der Waals surface area (Å²) < 4.78 is 5.31. The minimum absolute atomic E-state index is 0.397. The molecule has 3 heterocycles. The normalized spacial score (nSPS) is 17.4. The first-order valence-corrected chi connectivity index (χ1v) is 11.6. The van der Waals surface area contributed by atoms with E-state index in [9.17, 15) is 0 Å². The fraction of sp³-hybridized carbons (Fsp3) is 0.296. The zero-order valence-electron chi connectivity index (χ0n) is 18.5. The van der Waals surface area contributed by atoms with E-state index in [2.05, 4.69) is 52.5 Å². The molecule has 0 amide bonds. The van der Waals surface area contributed by atoms with Gasteiger partial charge in [0.25, 0.3) is 0 Å². The molecule has 0 radical (unpaired) electrons. The van der Waals surface area contributed by atoms with Crippen LogP contribution in [0.2, 0.25) is 5.02 Å². The van der Waals surface area contributed by atoms with E-state index in [0.29, 0.717) is 11.8 Å². The molecule has 0 bridgehead atoms. The maximum Gasteiger partial charge on any atom is 0.118 e. The highest BCUT2D eigenvalue weighted by atomic mass is 35.5. The number of aromatic nitrogens is 2. The van der Waals surface area contributed by atoms with E-state index in [-0.39, 0.29) is 0 Å². The Hall–Kier alpha value is -2.82. The molecule has 4 aromatic rings. The minimum Gasteiger partial charge on any atom is -0.497 e. The van der Waals surface area contributed by atoms with Crippen molar-refractivity contribution in [3.8, 4) is 28.0 Å². The zero-order chi connectivity index (χ0) is 22.1. The van der Waals surface area contributed by atoms with E-state index < -0.39 is 0 Å². The summed E-state index contributed by atoms with van der Waals surface area (Å²) in [6.07, 6.45) is 6.35. The van der Waals surface area contributed by atoms with Crippen molar-refractivity contribution < 1.29 is 4.74 Å². The third kappa shape index (κ3) is 4.01. The average Bonchev–Trinajstić information content (AvgIpc) is 3.23. The van der Waals surface area contributed by atoms with Crippen LogP contribution in [0.5, 0.6) is 5.75 Å². The molecule has 2 atom stereocenters. The van der Waals surface area contributed by atoms with Gasteiger partial charge >= 0.3 is 0 Å². The number of hydrogen-bond donors (Lipinski definition) is 2. The molecule has 2 N–H and O–H groups in total. The molecular formula is C27H28ClN3O. The van der Waals surface area contributed by atoms with Crippen molar-refractivity contribution >= 4 is 22.5 Å². The molecular weight excluding hydrogens is 418 g/mol. The summed E-state index contributed by atoms with van der Waals surface area (Å²) >= 11 is 6.42. The molecule has 1 saturated heterocycles. The Morgan fingerprint density at radius 3 is 2.59 bits per heavy atom. The monoisotopic (exact) mass is 445 g/mol. The van der Waals surface area contributed by atoms with Gasteiger partial charge in [0.15, 0.2) is 0 Å². The molecule has 5 rings (SSSR count). The molecule has 2 aromatic heterocycles. The second kappa shape index (κ2) is 8.97.